The van der Waals surface area contributed by atoms with Gasteiger partial charge in [0.1, 0.15) is 5.78 Å². The van der Waals surface area contributed by atoms with Crippen molar-refractivity contribution >= 4 is 11.6 Å². The minimum Gasteiger partial charge on any atom is -0.383 e. The summed E-state index contributed by atoms with van der Waals surface area (Å²) < 4.78 is 0. The van der Waals surface area contributed by atoms with Gasteiger partial charge in [0, 0.05) is 57.7 Å². The van der Waals surface area contributed by atoms with Crippen LogP contribution in [0, 0.1) is 11.8 Å². The SMILES string of the molecule is CCCN1C[C@@H](CC(=O)CC)C[C@@H]2CC(=O)C(=CN(C)C)C[C@H]21. The first-order chi connectivity index (χ1) is 10.9. The molecule has 2 fully saturated rings. The van der Waals surface area contributed by atoms with Gasteiger partial charge in [-0.15, -0.1) is 0 Å². The Labute approximate surface area is 140 Å². The van der Waals surface area contributed by atoms with Gasteiger partial charge in [-0.1, -0.05) is 13.8 Å². The molecule has 23 heavy (non-hydrogen) atoms. The summed E-state index contributed by atoms with van der Waals surface area (Å²) in [6, 6.07) is 0.479. The molecule has 0 radical (unpaired) electrons. The maximum absolute atomic E-state index is 12.5. The standard InChI is InChI=1S/C19H32N2O2/c1-5-7-21-12-14(9-17(22)6-2)8-15-11-19(23)16(10-18(15)21)13-20(3)4/h13-15,18H,5-12H2,1-4H3/t14-,15-,18-/m1/s1. The van der Waals surface area contributed by atoms with Gasteiger partial charge in [0.2, 0.25) is 0 Å². The van der Waals surface area contributed by atoms with Gasteiger partial charge in [0.25, 0.3) is 0 Å². The quantitative estimate of drug-likeness (QED) is 0.706. The van der Waals surface area contributed by atoms with E-state index in [2.05, 4.69) is 11.8 Å². The number of hydrogen-bond acceptors (Lipinski definition) is 4. The van der Waals surface area contributed by atoms with Gasteiger partial charge >= 0.3 is 0 Å². The van der Waals surface area contributed by atoms with Crippen molar-refractivity contribution in [2.45, 2.75) is 58.4 Å². The van der Waals surface area contributed by atoms with Crippen LogP contribution >= 0.6 is 0 Å². The van der Waals surface area contributed by atoms with Gasteiger partial charge in [-0.2, -0.15) is 0 Å². The van der Waals surface area contributed by atoms with E-state index in [1.165, 1.54) is 0 Å². The summed E-state index contributed by atoms with van der Waals surface area (Å²) in [4.78, 5) is 28.8. The Kier molecular flexibility index (Phi) is 6.40. The Balaban J connectivity index is 2.13. The predicted octanol–water partition coefficient (Wildman–Crippen LogP) is 2.88. The van der Waals surface area contributed by atoms with Crippen molar-refractivity contribution in [3.63, 3.8) is 0 Å². The van der Waals surface area contributed by atoms with E-state index in [0.717, 1.165) is 37.9 Å². The summed E-state index contributed by atoms with van der Waals surface area (Å²) in [6.07, 6.45) is 7.00. The molecule has 0 N–H and O–H groups in total. The molecule has 0 aromatic heterocycles. The van der Waals surface area contributed by atoms with Crippen molar-refractivity contribution in [3.8, 4) is 0 Å². The van der Waals surface area contributed by atoms with Crippen molar-refractivity contribution in [1.29, 1.82) is 0 Å². The van der Waals surface area contributed by atoms with E-state index < -0.39 is 0 Å². The lowest BCUT2D eigenvalue weighted by molar-refractivity contribution is -0.122. The molecule has 3 atom stereocenters. The van der Waals surface area contributed by atoms with E-state index >= 15 is 0 Å². The monoisotopic (exact) mass is 320 g/mol. The van der Waals surface area contributed by atoms with Crippen LogP contribution in [0.1, 0.15) is 52.4 Å². The fourth-order valence-electron chi connectivity index (χ4n) is 4.24. The molecule has 0 amide bonds. The highest BCUT2D eigenvalue weighted by Crippen LogP contribution is 2.39. The molecule has 2 aliphatic rings. The molecule has 1 aliphatic carbocycles. The number of carbonyl (C=O) groups is 2. The van der Waals surface area contributed by atoms with Gasteiger partial charge in [0.05, 0.1) is 0 Å². The molecule has 130 valence electrons. The minimum absolute atomic E-state index is 0.305. The first-order valence-corrected chi connectivity index (χ1v) is 9.10. The van der Waals surface area contributed by atoms with Gasteiger partial charge in [-0.3, -0.25) is 14.5 Å². The molecule has 1 saturated heterocycles. The summed E-state index contributed by atoms with van der Waals surface area (Å²) in [5, 5.41) is 0. The van der Waals surface area contributed by atoms with Crippen molar-refractivity contribution in [2.24, 2.45) is 11.8 Å². The number of carbonyl (C=O) groups excluding carboxylic acids is 2. The minimum atomic E-state index is 0.305. The molecule has 2 rings (SSSR count). The number of fused-ring (bicyclic) bond motifs is 1. The molecule has 0 bridgehead atoms. The van der Waals surface area contributed by atoms with Crippen LogP contribution in [0.25, 0.3) is 0 Å². The summed E-state index contributed by atoms with van der Waals surface area (Å²) in [7, 11) is 3.95. The summed E-state index contributed by atoms with van der Waals surface area (Å²) in [6.45, 7) is 6.24. The zero-order valence-corrected chi connectivity index (χ0v) is 15.2. The van der Waals surface area contributed by atoms with E-state index in [4.69, 9.17) is 0 Å². The van der Waals surface area contributed by atoms with Crippen molar-refractivity contribution < 1.29 is 9.59 Å². The highest BCUT2D eigenvalue weighted by molar-refractivity contribution is 5.96. The van der Waals surface area contributed by atoms with E-state index in [9.17, 15) is 9.59 Å². The second kappa shape index (κ2) is 8.09. The Morgan fingerprint density at radius 3 is 2.65 bits per heavy atom. The molecule has 1 heterocycles. The van der Waals surface area contributed by atoms with E-state index in [1.807, 2.05) is 32.1 Å². The Bertz CT molecular complexity index is 470. The molecule has 1 aliphatic heterocycles. The molecule has 0 aromatic rings. The topological polar surface area (TPSA) is 40.6 Å². The summed E-state index contributed by atoms with van der Waals surface area (Å²) in [5.74, 6) is 1.53. The smallest absolute Gasteiger partial charge is 0.160 e. The fraction of sp³-hybridized carbons (Fsp3) is 0.789. The third-order valence-corrected chi connectivity index (χ3v) is 5.21. The number of rotatable bonds is 6. The maximum Gasteiger partial charge on any atom is 0.160 e. The largest absolute Gasteiger partial charge is 0.383 e. The number of nitrogens with zero attached hydrogens (tertiary/aromatic N) is 2. The van der Waals surface area contributed by atoms with Crippen LogP contribution in [0.4, 0.5) is 0 Å². The molecular weight excluding hydrogens is 288 g/mol. The van der Waals surface area contributed by atoms with E-state index in [1.54, 1.807) is 0 Å². The van der Waals surface area contributed by atoms with Gasteiger partial charge in [0.15, 0.2) is 5.78 Å². The highest BCUT2D eigenvalue weighted by Gasteiger charge is 2.41. The lowest BCUT2D eigenvalue weighted by Gasteiger charge is -2.47. The Hall–Kier alpha value is -1.16. The molecule has 0 unspecified atom stereocenters. The number of Topliss-reactive ketones (excluding diaryl/α,β-unsaturated/α-hetero) is 2. The van der Waals surface area contributed by atoms with Crippen LogP contribution in [0.15, 0.2) is 11.8 Å². The van der Waals surface area contributed by atoms with Gasteiger partial charge in [-0.25, -0.2) is 0 Å². The Morgan fingerprint density at radius 2 is 2.04 bits per heavy atom. The van der Waals surface area contributed by atoms with Crippen LogP contribution in [0.5, 0.6) is 0 Å². The number of piperidine rings is 1. The van der Waals surface area contributed by atoms with Crippen LogP contribution < -0.4 is 0 Å². The lowest BCUT2D eigenvalue weighted by atomic mass is 9.72. The average Bonchev–Trinajstić information content (AvgIpc) is 2.48. The Morgan fingerprint density at radius 1 is 1.30 bits per heavy atom. The second-order valence-corrected chi connectivity index (χ2v) is 7.47. The average molecular weight is 320 g/mol. The lowest BCUT2D eigenvalue weighted by Crippen LogP contribution is -2.52. The maximum atomic E-state index is 12.5. The molecule has 1 saturated carbocycles. The molecule has 0 spiro atoms. The predicted molar refractivity (Wildman–Crippen MR) is 93.2 cm³/mol. The van der Waals surface area contributed by atoms with Gasteiger partial charge in [-0.05, 0) is 37.6 Å². The zero-order valence-electron chi connectivity index (χ0n) is 15.2. The van der Waals surface area contributed by atoms with Gasteiger partial charge < -0.3 is 4.90 Å². The normalized spacial score (nSPS) is 30.3. The van der Waals surface area contributed by atoms with Crippen LogP contribution in [0.3, 0.4) is 0 Å². The van der Waals surface area contributed by atoms with E-state index in [0.29, 0.717) is 48.7 Å². The van der Waals surface area contributed by atoms with Crippen LogP contribution in [-0.4, -0.2) is 54.6 Å². The first kappa shape index (κ1) is 18.2. The van der Waals surface area contributed by atoms with Crippen LogP contribution in [-0.2, 0) is 9.59 Å². The summed E-state index contributed by atoms with van der Waals surface area (Å²) >= 11 is 0. The molecule has 4 heteroatoms. The number of ketones is 2. The van der Waals surface area contributed by atoms with Crippen molar-refractivity contribution in [3.05, 3.63) is 11.8 Å². The molecule has 0 aromatic carbocycles. The van der Waals surface area contributed by atoms with Crippen molar-refractivity contribution in [1.82, 2.24) is 9.80 Å². The van der Waals surface area contributed by atoms with E-state index in [-0.39, 0.29) is 0 Å². The first-order valence-electron chi connectivity index (χ1n) is 9.10. The molecular formula is C19H32N2O2. The van der Waals surface area contributed by atoms with Crippen molar-refractivity contribution in [2.75, 3.05) is 27.2 Å². The van der Waals surface area contributed by atoms with Crippen LogP contribution in [0.2, 0.25) is 0 Å². The number of likely N-dealkylation sites (tertiary alicyclic amines) is 1. The third kappa shape index (κ3) is 4.66. The fourth-order valence-corrected chi connectivity index (χ4v) is 4.24. The molecule has 4 nitrogen and oxygen atoms in total. The summed E-state index contributed by atoms with van der Waals surface area (Å²) in [5.41, 5.74) is 0.973. The highest BCUT2D eigenvalue weighted by atomic mass is 16.1. The third-order valence-electron chi connectivity index (χ3n) is 5.21. The second-order valence-electron chi connectivity index (χ2n) is 7.47. The zero-order chi connectivity index (χ0) is 17.0. The number of hydrogen-bond donors (Lipinski definition) is 0.